The van der Waals surface area contributed by atoms with Gasteiger partial charge in [-0.15, -0.1) is 0 Å². The van der Waals surface area contributed by atoms with Crippen molar-refractivity contribution in [2.45, 2.75) is 62.7 Å². The zero-order valence-electron chi connectivity index (χ0n) is 23.8. The predicted octanol–water partition coefficient (Wildman–Crippen LogP) is 10.1. The summed E-state index contributed by atoms with van der Waals surface area (Å²) in [5.41, 5.74) is 8.05. The molecule has 0 N–H and O–H groups in total. The van der Waals surface area contributed by atoms with Gasteiger partial charge >= 0.3 is 0 Å². The van der Waals surface area contributed by atoms with E-state index in [0.29, 0.717) is 0 Å². The number of rotatable bonds is 6. The first kappa shape index (κ1) is 24.4. The number of hydrogen-bond acceptors (Lipinski definition) is 0. The van der Waals surface area contributed by atoms with Crippen molar-refractivity contribution in [2.75, 3.05) is 0 Å². The molecule has 0 radical (unpaired) electrons. The summed E-state index contributed by atoms with van der Waals surface area (Å²) in [5, 5.41) is 0. The molecular weight excluding hydrogens is 485 g/mol. The Labute approximate surface area is 237 Å². The molecule has 2 aromatic rings. The molecule has 0 saturated heterocycles. The smallest absolute Gasteiger partial charge is 0.0553 e. The van der Waals surface area contributed by atoms with E-state index in [1.54, 1.807) is 11.1 Å². The van der Waals surface area contributed by atoms with Crippen LogP contribution in [0.2, 0.25) is 24.2 Å². The molecule has 6 aliphatic carbocycles. The second-order valence-electron chi connectivity index (χ2n) is 14.5. The lowest BCUT2D eigenvalue weighted by molar-refractivity contribution is 0.415. The van der Waals surface area contributed by atoms with Gasteiger partial charge < -0.3 is 0 Å². The molecule has 0 bridgehead atoms. The minimum Gasteiger partial charge on any atom is -0.0808 e. The Kier molecular flexibility index (Phi) is 5.84. The summed E-state index contributed by atoms with van der Waals surface area (Å²) in [6.07, 6.45) is 24.0. The van der Waals surface area contributed by atoms with E-state index in [-0.39, 0.29) is 0 Å². The first-order valence-corrected chi connectivity index (χ1v) is 19.1. The van der Waals surface area contributed by atoms with E-state index in [1.165, 1.54) is 49.7 Å². The molecule has 200 valence electrons. The molecule has 4 fully saturated rings. The zero-order chi connectivity index (χ0) is 26.1. The summed E-state index contributed by atoms with van der Waals surface area (Å²) >= 11 is 0. The van der Waals surface area contributed by atoms with Gasteiger partial charge in [0.05, 0.1) is 8.07 Å². The van der Waals surface area contributed by atoms with E-state index >= 15 is 0 Å². The highest BCUT2D eigenvalue weighted by molar-refractivity contribution is 6.80. The van der Waals surface area contributed by atoms with Crippen molar-refractivity contribution in [1.29, 1.82) is 0 Å². The Morgan fingerprint density at radius 2 is 0.974 bits per heavy atom. The third-order valence-electron chi connectivity index (χ3n) is 12.1. The summed E-state index contributed by atoms with van der Waals surface area (Å²) in [6, 6.07) is 22.7. The molecule has 39 heavy (non-hydrogen) atoms. The number of allylic oxidation sites excluding steroid dienone is 8. The minimum absolute atomic E-state index is 0.720. The molecule has 8 unspecified atom stereocenters. The first-order valence-electron chi connectivity index (χ1n) is 16.0. The van der Waals surface area contributed by atoms with Gasteiger partial charge in [0.15, 0.2) is 0 Å². The van der Waals surface area contributed by atoms with Crippen LogP contribution < -0.4 is 0 Å². The molecule has 0 amide bonds. The van der Waals surface area contributed by atoms with Crippen molar-refractivity contribution in [3.63, 3.8) is 0 Å². The van der Waals surface area contributed by atoms with E-state index in [4.69, 9.17) is 0 Å². The molecule has 0 heterocycles. The highest BCUT2D eigenvalue weighted by Gasteiger charge is 2.62. The van der Waals surface area contributed by atoms with Gasteiger partial charge in [-0.1, -0.05) is 110 Å². The van der Waals surface area contributed by atoms with Gasteiger partial charge in [-0.05, 0) is 119 Å². The normalized spacial score (nSPS) is 37.3. The van der Waals surface area contributed by atoms with Gasteiger partial charge in [0.1, 0.15) is 0 Å². The first-order chi connectivity index (χ1) is 19.1. The van der Waals surface area contributed by atoms with Gasteiger partial charge in [0.2, 0.25) is 0 Å². The summed E-state index contributed by atoms with van der Waals surface area (Å²) < 4.78 is 0. The fourth-order valence-corrected chi connectivity index (χ4v) is 16.6. The van der Waals surface area contributed by atoms with Crippen LogP contribution in [0.4, 0.5) is 0 Å². The van der Waals surface area contributed by atoms with E-state index in [9.17, 15) is 0 Å². The SMILES string of the molecule is C[Si](C)(C1C2C=CC=C(c3ccccc3)C2CC1C1CC1)C1C2C=CC=C(c3ccccc3)C2CC1C1CC1. The lowest BCUT2D eigenvalue weighted by Crippen LogP contribution is -2.47. The van der Waals surface area contributed by atoms with Gasteiger partial charge in [0.25, 0.3) is 0 Å². The molecule has 1 heteroatoms. The van der Waals surface area contributed by atoms with E-state index < -0.39 is 8.07 Å². The van der Waals surface area contributed by atoms with E-state index in [2.05, 4.69) is 110 Å². The Morgan fingerprint density at radius 3 is 1.36 bits per heavy atom. The summed E-state index contributed by atoms with van der Waals surface area (Å²) in [5.74, 6) is 6.79. The average Bonchev–Trinajstić information content (AvgIpc) is 3.91. The van der Waals surface area contributed by atoms with Crippen molar-refractivity contribution < 1.29 is 0 Å². The summed E-state index contributed by atoms with van der Waals surface area (Å²) in [4.78, 5) is 0. The highest BCUT2D eigenvalue weighted by atomic mass is 28.3. The van der Waals surface area contributed by atoms with Crippen molar-refractivity contribution in [2.24, 2.45) is 47.3 Å². The van der Waals surface area contributed by atoms with Crippen LogP contribution in [0, 0.1) is 47.3 Å². The average molecular weight is 529 g/mol. The maximum Gasteiger partial charge on any atom is 0.0553 e. The molecule has 0 nitrogen and oxygen atoms in total. The zero-order valence-corrected chi connectivity index (χ0v) is 24.8. The molecular formula is C38H44Si. The fourth-order valence-electron chi connectivity index (χ4n) is 10.5. The van der Waals surface area contributed by atoms with Gasteiger partial charge in [-0.25, -0.2) is 0 Å². The molecule has 0 aromatic heterocycles. The summed E-state index contributed by atoms with van der Waals surface area (Å²) in [6.45, 7) is 5.75. The second kappa shape index (κ2) is 9.34. The maximum atomic E-state index is 2.88. The third-order valence-corrected chi connectivity index (χ3v) is 17.2. The number of hydrogen-bond donors (Lipinski definition) is 0. The highest BCUT2D eigenvalue weighted by Crippen LogP contribution is 2.69. The van der Waals surface area contributed by atoms with Gasteiger partial charge in [-0.3, -0.25) is 0 Å². The molecule has 0 aliphatic heterocycles. The monoisotopic (exact) mass is 528 g/mol. The molecule has 4 saturated carbocycles. The topological polar surface area (TPSA) is 0 Å². The van der Waals surface area contributed by atoms with Gasteiger partial charge in [-0.2, -0.15) is 0 Å². The van der Waals surface area contributed by atoms with Crippen LogP contribution in [0.1, 0.15) is 49.7 Å². The Morgan fingerprint density at radius 1 is 0.564 bits per heavy atom. The standard InChI is InChI=1S/C38H44Si/c1-39(2,37-31-17-9-15-29(25-11-5-3-6-12-25)35(31)23-33(37)27-19-20-27)38-32-18-10-16-30(26-13-7-4-8-14-26)36(32)24-34(38)28-21-22-28/h3-18,27-28,31-38H,19-24H2,1-2H3. The van der Waals surface area contributed by atoms with E-state index in [0.717, 1.165) is 58.4 Å². The third kappa shape index (κ3) is 4.06. The number of benzene rings is 2. The van der Waals surface area contributed by atoms with Crippen LogP contribution in [-0.4, -0.2) is 8.07 Å². The lowest BCUT2D eigenvalue weighted by Gasteiger charge is -2.47. The van der Waals surface area contributed by atoms with E-state index in [1.807, 2.05) is 0 Å². The van der Waals surface area contributed by atoms with Crippen LogP contribution >= 0.6 is 0 Å². The van der Waals surface area contributed by atoms with Crippen molar-refractivity contribution in [1.82, 2.24) is 0 Å². The van der Waals surface area contributed by atoms with Crippen molar-refractivity contribution >= 4 is 19.2 Å². The molecule has 0 spiro atoms. The predicted molar refractivity (Wildman–Crippen MR) is 168 cm³/mol. The lowest BCUT2D eigenvalue weighted by atomic mass is 9.81. The number of fused-ring (bicyclic) bond motifs is 2. The van der Waals surface area contributed by atoms with Crippen LogP contribution in [0.3, 0.4) is 0 Å². The van der Waals surface area contributed by atoms with Crippen molar-refractivity contribution in [3.8, 4) is 0 Å². The quantitative estimate of drug-likeness (QED) is 0.327. The maximum absolute atomic E-state index is 2.88. The van der Waals surface area contributed by atoms with Crippen LogP contribution in [0.25, 0.3) is 11.1 Å². The van der Waals surface area contributed by atoms with Crippen LogP contribution in [0.15, 0.2) is 97.1 Å². The summed E-state index contributed by atoms with van der Waals surface area (Å²) in [7, 11) is -1.64. The Bertz CT molecular complexity index is 1230. The Balaban J connectivity index is 1.17. The van der Waals surface area contributed by atoms with Crippen LogP contribution in [0.5, 0.6) is 0 Å². The second-order valence-corrected chi connectivity index (χ2v) is 19.4. The van der Waals surface area contributed by atoms with Gasteiger partial charge in [0, 0.05) is 0 Å². The fraction of sp³-hybridized carbons (Fsp3) is 0.474. The van der Waals surface area contributed by atoms with Crippen LogP contribution in [-0.2, 0) is 0 Å². The Hall–Kier alpha value is -2.38. The molecule has 6 aliphatic rings. The minimum atomic E-state index is -1.64. The molecule has 2 aromatic carbocycles. The largest absolute Gasteiger partial charge is 0.0808 e. The molecule has 8 rings (SSSR count). The van der Waals surface area contributed by atoms with Crippen molar-refractivity contribution in [3.05, 3.63) is 108 Å². The molecule has 8 atom stereocenters.